The zero-order chi connectivity index (χ0) is 24.2. The molecule has 0 aromatic heterocycles. The number of carbonyl (C=O) groups excluding carboxylic acids is 2. The van der Waals surface area contributed by atoms with Crippen LogP contribution in [0.2, 0.25) is 0 Å². The van der Waals surface area contributed by atoms with Crippen molar-refractivity contribution in [1.29, 1.82) is 0 Å². The van der Waals surface area contributed by atoms with E-state index in [0.29, 0.717) is 18.7 Å². The van der Waals surface area contributed by atoms with E-state index >= 15 is 0 Å². The topological polar surface area (TPSA) is 67.9 Å². The maximum atomic E-state index is 13.4. The van der Waals surface area contributed by atoms with Gasteiger partial charge in [-0.05, 0) is 35.4 Å². The maximum absolute atomic E-state index is 13.4. The molecule has 0 aliphatic carbocycles. The largest absolute Gasteiger partial charge is 0.497 e. The lowest BCUT2D eigenvalue weighted by atomic mass is 10.0. The van der Waals surface area contributed by atoms with Crippen LogP contribution in [0.15, 0.2) is 97.6 Å². The van der Waals surface area contributed by atoms with Crippen molar-refractivity contribution in [2.45, 2.75) is 19.0 Å². The van der Waals surface area contributed by atoms with Crippen molar-refractivity contribution in [3.05, 3.63) is 109 Å². The molecule has 0 aliphatic heterocycles. The summed E-state index contributed by atoms with van der Waals surface area (Å²) in [6.07, 6.45) is 1.99. The summed E-state index contributed by atoms with van der Waals surface area (Å²) in [5.41, 5.74) is 1.83. The zero-order valence-corrected chi connectivity index (χ0v) is 19.4. The van der Waals surface area contributed by atoms with Crippen molar-refractivity contribution < 1.29 is 19.1 Å². The Bertz CT molecular complexity index is 1050. The van der Waals surface area contributed by atoms with Gasteiger partial charge in [0.1, 0.15) is 17.5 Å². The first-order chi connectivity index (χ1) is 16.6. The van der Waals surface area contributed by atoms with E-state index < -0.39 is 6.04 Å². The number of nitrogens with zero attached hydrogens (tertiary/aromatic N) is 1. The lowest BCUT2D eigenvalue weighted by molar-refractivity contribution is -0.142. The van der Waals surface area contributed by atoms with Gasteiger partial charge in [-0.3, -0.25) is 9.59 Å². The van der Waals surface area contributed by atoms with Crippen molar-refractivity contribution in [1.82, 2.24) is 10.2 Å². The Morgan fingerprint density at radius 1 is 0.912 bits per heavy atom. The highest BCUT2D eigenvalue weighted by molar-refractivity contribution is 5.88. The first-order valence-corrected chi connectivity index (χ1v) is 11.1. The molecule has 1 N–H and O–H groups in total. The van der Waals surface area contributed by atoms with Gasteiger partial charge in [0.15, 0.2) is 6.61 Å². The van der Waals surface area contributed by atoms with E-state index in [1.807, 2.05) is 72.8 Å². The molecule has 0 saturated heterocycles. The maximum Gasteiger partial charge on any atom is 0.261 e. The molecule has 0 bridgehead atoms. The molecule has 0 fully saturated rings. The summed E-state index contributed by atoms with van der Waals surface area (Å²) < 4.78 is 11.0. The lowest BCUT2D eigenvalue weighted by Crippen LogP contribution is -2.51. The standard InChI is InChI=1S/C28H30N2O4/c1-3-18-29-28(32)26(19-22-10-6-4-7-11-22)30(20-23-14-16-24(33-2)17-15-23)27(31)21-34-25-12-8-5-9-13-25/h3-17,26H,1,18-21H2,2H3,(H,29,32). The molecule has 3 aromatic rings. The highest BCUT2D eigenvalue weighted by atomic mass is 16.5. The van der Waals surface area contributed by atoms with Crippen molar-refractivity contribution in [2.75, 3.05) is 20.3 Å². The summed E-state index contributed by atoms with van der Waals surface area (Å²) >= 11 is 0. The first kappa shape index (κ1) is 24.6. The summed E-state index contributed by atoms with van der Waals surface area (Å²) in [7, 11) is 1.60. The number of amides is 2. The molecule has 6 heteroatoms. The van der Waals surface area contributed by atoms with Gasteiger partial charge in [-0.25, -0.2) is 0 Å². The van der Waals surface area contributed by atoms with E-state index in [1.165, 1.54) is 0 Å². The molecule has 1 unspecified atom stereocenters. The van der Waals surface area contributed by atoms with Gasteiger partial charge in [-0.15, -0.1) is 6.58 Å². The predicted molar refractivity (Wildman–Crippen MR) is 133 cm³/mol. The molecule has 3 aromatic carbocycles. The van der Waals surface area contributed by atoms with Gasteiger partial charge in [-0.1, -0.05) is 66.7 Å². The number of hydrogen-bond acceptors (Lipinski definition) is 4. The fourth-order valence-corrected chi connectivity index (χ4v) is 3.52. The van der Waals surface area contributed by atoms with Crippen LogP contribution in [-0.4, -0.2) is 43.0 Å². The van der Waals surface area contributed by atoms with Gasteiger partial charge in [-0.2, -0.15) is 0 Å². The number of methoxy groups -OCH3 is 1. The average Bonchev–Trinajstić information content (AvgIpc) is 2.89. The number of rotatable bonds is 12. The van der Waals surface area contributed by atoms with Crippen LogP contribution in [0.3, 0.4) is 0 Å². The third-order valence-corrected chi connectivity index (χ3v) is 5.31. The smallest absolute Gasteiger partial charge is 0.261 e. The van der Waals surface area contributed by atoms with Crippen molar-refractivity contribution in [3.8, 4) is 11.5 Å². The summed E-state index contributed by atoms with van der Waals surface area (Å²) in [5.74, 6) is 0.786. The van der Waals surface area contributed by atoms with E-state index in [0.717, 1.165) is 16.9 Å². The Labute approximate surface area is 200 Å². The Kier molecular flexibility index (Phi) is 9.29. The third kappa shape index (κ3) is 7.24. The van der Waals surface area contributed by atoms with Crippen LogP contribution in [0.25, 0.3) is 0 Å². The Hall–Kier alpha value is -4.06. The van der Waals surface area contributed by atoms with E-state index in [9.17, 15) is 9.59 Å². The molecule has 0 saturated carbocycles. The van der Waals surface area contributed by atoms with Gasteiger partial charge in [0.2, 0.25) is 5.91 Å². The molecule has 176 valence electrons. The quantitative estimate of drug-likeness (QED) is 0.417. The van der Waals surface area contributed by atoms with Gasteiger partial charge >= 0.3 is 0 Å². The minimum atomic E-state index is -0.726. The van der Waals surface area contributed by atoms with Crippen LogP contribution in [0, 0.1) is 0 Å². The lowest BCUT2D eigenvalue weighted by Gasteiger charge is -2.31. The molecule has 0 heterocycles. The minimum absolute atomic E-state index is 0.180. The number of ether oxygens (including phenoxy) is 2. The SMILES string of the molecule is C=CCNC(=O)C(Cc1ccccc1)N(Cc1ccc(OC)cc1)C(=O)COc1ccccc1. The molecule has 0 spiro atoms. The van der Waals surface area contributed by atoms with Crippen molar-refractivity contribution in [2.24, 2.45) is 0 Å². The molecule has 1 atom stereocenters. The van der Waals surface area contributed by atoms with E-state index in [2.05, 4.69) is 11.9 Å². The third-order valence-electron chi connectivity index (χ3n) is 5.31. The fourth-order valence-electron chi connectivity index (χ4n) is 3.52. The molecule has 0 aliphatic rings. The number of benzene rings is 3. The highest BCUT2D eigenvalue weighted by Crippen LogP contribution is 2.18. The Balaban J connectivity index is 1.88. The van der Waals surface area contributed by atoms with Gasteiger partial charge in [0.05, 0.1) is 7.11 Å². The highest BCUT2D eigenvalue weighted by Gasteiger charge is 2.30. The number of para-hydroxylation sites is 1. The second kappa shape index (κ2) is 12.8. The molecule has 34 heavy (non-hydrogen) atoms. The Morgan fingerprint density at radius 2 is 1.56 bits per heavy atom. The first-order valence-electron chi connectivity index (χ1n) is 11.1. The summed E-state index contributed by atoms with van der Waals surface area (Å²) in [5, 5.41) is 2.85. The Morgan fingerprint density at radius 3 is 2.18 bits per heavy atom. The summed E-state index contributed by atoms with van der Waals surface area (Å²) in [4.78, 5) is 28.2. The fraction of sp³-hybridized carbons (Fsp3) is 0.214. The summed E-state index contributed by atoms with van der Waals surface area (Å²) in [6.45, 7) is 4.06. The van der Waals surface area contributed by atoms with Gasteiger partial charge < -0.3 is 19.7 Å². The summed E-state index contributed by atoms with van der Waals surface area (Å²) in [6, 6.07) is 25.5. The van der Waals surface area contributed by atoms with Crippen LogP contribution in [0.4, 0.5) is 0 Å². The second-order valence-corrected chi connectivity index (χ2v) is 7.71. The number of carbonyl (C=O) groups is 2. The van der Waals surface area contributed by atoms with Crippen LogP contribution in [-0.2, 0) is 22.6 Å². The molecule has 2 amide bonds. The number of hydrogen-bond donors (Lipinski definition) is 1. The molecule has 3 rings (SSSR count). The predicted octanol–water partition coefficient (Wildman–Crippen LogP) is 4.02. The van der Waals surface area contributed by atoms with Crippen molar-refractivity contribution in [3.63, 3.8) is 0 Å². The van der Waals surface area contributed by atoms with Crippen LogP contribution in [0.1, 0.15) is 11.1 Å². The van der Waals surface area contributed by atoms with Crippen molar-refractivity contribution >= 4 is 11.8 Å². The van der Waals surface area contributed by atoms with Gasteiger partial charge in [0.25, 0.3) is 5.91 Å². The van der Waals surface area contributed by atoms with Gasteiger partial charge in [0, 0.05) is 19.5 Å². The number of nitrogens with one attached hydrogen (secondary N) is 1. The zero-order valence-electron chi connectivity index (χ0n) is 19.4. The van der Waals surface area contributed by atoms with E-state index in [4.69, 9.17) is 9.47 Å². The molecule has 0 radical (unpaired) electrons. The van der Waals surface area contributed by atoms with Crippen LogP contribution < -0.4 is 14.8 Å². The second-order valence-electron chi connectivity index (χ2n) is 7.71. The van der Waals surface area contributed by atoms with E-state index in [1.54, 1.807) is 30.2 Å². The monoisotopic (exact) mass is 458 g/mol. The van der Waals surface area contributed by atoms with Crippen LogP contribution in [0.5, 0.6) is 11.5 Å². The minimum Gasteiger partial charge on any atom is -0.497 e. The molecular weight excluding hydrogens is 428 g/mol. The molecule has 6 nitrogen and oxygen atoms in total. The van der Waals surface area contributed by atoms with E-state index in [-0.39, 0.29) is 25.0 Å². The average molecular weight is 459 g/mol. The van der Waals surface area contributed by atoms with Crippen LogP contribution >= 0.6 is 0 Å². The molecular formula is C28H30N2O4. The normalized spacial score (nSPS) is 11.2.